The van der Waals surface area contributed by atoms with Crippen LogP contribution in [-0.4, -0.2) is 28.7 Å². The maximum absolute atomic E-state index is 12.4. The third kappa shape index (κ3) is 2.55. The van der Waals surface area contributed by atoms with E-state index in [1.165, 1.54) is 5.56 Å². The zero-order chi connectivity index (χ0) is 14.2. The molecular weight excluding hydrogens is 238 g/mol. The fraction of sp³-hybridized carbons (Fsp3) is 0.500. The van der Waals surface area contributed by atoms with E-state index in [0.717, 1.165) is 11.1 Å². The van der Waals surface area contributed by atoms with E-state index >= 15 is 0 Å². The zero-order valence-electron chi connectivity index (χ0n) is 12.1. The molecule has 0 aliphatic carbocycles. The minimum Gasteiger partial charge on any atom is -0.330 e. The van der Waals surface area contributed by atoms with Crippen molar-refractivity contribution in [3.63, 3.8) is 0 Å². The first-order valence-electron chi connectivity index (χ1n) is 6.72. The van der Waals surface area contributed by atoms with Crippen molar-refractivity contribution in [2.75, 3.05) is 6.54 Å². The highest BCUT2D eigenvalue weighted by atomic mass is 16.2. The summed E-state index contributed by atoms with van der Waals surface area (Å²) in [6, 6.07) is 6.12. The van der Waals surface area contributed by atoms with Gasteiger partial charge in [0.25, 0.3) is 0 Å². The maximum atomic E-state index is 12.4. The lowest BCUT2D eigenvalue weighted by molar-refractivity contribution is -0.138. The minimum atomic E-state index is -0.643. The monoisotopic (exact) mass is 259 g/mol. The lowest BCUT2D eigenvalue weighted by Crippen LogP contribution is -2.47. The summed E-state index contributed by atoms with van der Waals surface area (Å²) in [6.45, 7) is 8.29. The number of nitrogens with zero attached hydrogens (tertiary/aromatic N) is 1. The van der Waals surface area contributed by atoms with Crippen LogP contribution in [0.25, 0.3) is 0 Å². The molecule has 1 amide bonds. The first-order chi connectivity index (χ1) is 8.82. The van der Waals surface area contributed by atoms with Gasteiger partial charge >= 0.3 is 0 Å². The van der Waals surface area contributed by atoms with E-state index < -0.39 is 5.54 Å². The summed E-state index contributed by atoms with van der Waals surface area (Å²) < 4.78 is 0. The molecule has 1 aromatic carbocycles. The molecule has 1 saturated heterocycles. The van der Waals surface area contributed by atoms with Crippen LogP contribution in [0.15, 0.2) is 18.2 Å². The number of aryl methyl sites for hydroxylation is 2. The minimum absolute atomic E-state index is 0.0443. The molecule has 0 aromatic heterocycles. The highest BCUT2D eigenvalue weighted by Gasteiger charge is 2.42. The fourth-order valence-corrected chi connectivity index (χ4v) is 2.69. The number of carbonyl (C=O) groups excluding carboxylic acids is 2. The third-order valence-corrected chi connectivity index (χ3v) is 4.06. The molecule has 0 spiro atoms. The van der Waals surface area contributed by atoms with E-state index in [1.807, 2.05) is 39.8 Å². The van der Waals surface area contributed by atoms with Gasteiger partial charge in [0.15, 0.2) is 5.78 Å². The van der Waals surface area contributed by atoms with Gasteiger partial charge in [0, 0.05) is 13.0 Å². The van der Waals surface area contributed by atoms with Gasteiger partial charge in [-0.1, -0.05) is 23.8 Å². The molecule has 1 aliphatic heterocycles. The van der Waals surface area contributed by atoms with Gasteiger partial charge in [-0.2, -0.15) is 0 Å². The number of benzene rings is 1. The molecular formula is C16H21NO2. The number of rotatable bonds is 2. The number of hydrogen-bond donors (Lipinski definition) is 0. The molecule has 3 heteroatoms. The average Bonchev–Trinajstić information content (AvgIpc) is 2.58. The van der Waals surface area contributed by atoms with Crippen molar-refractivity contribution in [3.05, 3.63) is 34.9 Å². The Bertz CT molecular complexity index is 532. The summed E-state index contributed by atoms with van der Waals surface area (Å²) in [5, 5.41) is 0. The largest absolute Gasteiger partial charge is 0.330 e. The van der Waals surface area contributed by atoms with Crippen molar-refractivity contribution < 1.29 is 9.59 Å². The molecule has 2 rings (SSSR count). The van der Waals surface area contributed by atoms with Crippen molar-refractivity contribution >= 4 is 11.7 Å². The molecule has 1 heterocycles. The van der Waals surface area contributed by atoms with Gasteiger partial charge in [-0.3, -0.25) is 9.59 Å². The van der Waals surface area contributed by atoms with Crippen molar-refractivity contribution in [1.82, 2.24) is 4.90 Å². The summed E-state index contributed by atoms with van der Waals surface area (Å²) in [6.07, 6.45) is 0.856. The van der Waals surface area contributed by atoms with Gasteiger partial charge in [-0.25, -0.2) is 0 Å². The molecule has 3 nitrogen and oxygen atoms in total. The Morgan fingerprint density at radius 2 is 2.00 bits per heavy atom. The third-order valence-electron chi connectivity index (χ3n) is 4.06. The van der Waals surface area contributed by atoms with Gasteiger partial charge in [-0.15, -0.1) is 0 Å². The Morgan fingerprint density at radius 1 is 1.32 bits per heavy atom. The van der Waals surface area contributed by atoms with Crippen LogP contribution in [0.4, 0.5) is 0 Å². The fourth-order valence-electron chi connectivity index (χ4n) is 2.69. The molecule has 1 aliphatic rings. The molecule has 0 saturated carbocycles. The summed E-state index contributed by atoms with van der Waals surface area (Å²) in [5.41, 5.74) is 2.74. The molecule has 0 N–H and O–H groups in total. The highest BCUT2D eigenvalue weighted by Crippen LogP contribution is 2.26. The summed E-state index contributed by atoms with van der Waals surface area (Å²) in [7, 11) is 0. The average molecular weight is 259 g/mol. The van der Waals surface area contributed by atoms with E-state index in [0.29, 0.717) is 19.4 Å². The van der Waals surface area contributed by atoms with Crippen molar-refractivity contribution in [2.24, 2.45) is 0 Å². The standard InChI is InChI=1S/C16H21NO2/c1-11-5-6-13(12(2)9-11)10-15(19)17-8-7-14(18)16(17,3)4/h5-6,9H,7-8,10H2,1-4H3. The molecule has 0 radical (unpaired) electrons. The predicted octanol–water partition coefficient (Wildman–Crippen LogP) is 2.43. The highest BCUT2D eigenvalue weighted by molar-refractivity contribution is 5.95. The predicted molar refractivity (Wildman–Crippen MR) is 75.0 cm³/mol. The van der Waals surface area contributed by atoms with Gasteiger partial charge in [-0.05, 0) is 38.8 Å². The SMILES string of the molecule is Cc1ccc(CC(=O)N2CCC(=O)C2(C)C)c(C)c1. The van der Waals surface area contributed by atoms with Crippen LogP contribution < -0.4 is 0 Å². The second kappa shape index (κ2) is 4.80. The maximum Gasteiger partial charge on any atom is 0.227 e. The zero-order valence-corrected chi connectivity index (χ0v) is 12.1. The number of hydrogen-bond acceptors (Lipinski definition) is 2. The van der Waals surface area contributed by atoms with Gasteiger partial charge in [0.2, 0.25) is 5.91 Å². The van der Waals surface area contributed by atoms with Crippen LogP contribution in [0.5, 0.6) is 0 Å². The van der Waals surface area contributed by atoms with Crippen LogP contribution in [0.1, 0.15) is 37.0 Å². The number of Topliss-reactive ketones (excluding diaryl/α,β-unsaturated/α-hetero) is 1. The number of ketones is 1. The van der Waals surface area contributed by atoms with Gasteiger partial charge < -0.3 is 4.90 Å². The van der Waals surface area contributed by atoms with Crippen molar-refractivity contribution in [1.29, 1.82) is 0 Å². The molecule has 102 valence electrons. The van der Waals surface area contributed by atoms with E-state index in [4.69, 9.17) is 0 Å². The molecule has 1 fully saturated rings. The first kappa shape index (κ1) is 13.8. The normalized spacial score (nSPS) is 17.9. The summed E-state index contributed by atoms with van der Waals surface area (Å²) >= 11 is 0. The van der Waals surface area contributed by atoms with E-state index in [1.54, 1.807) is 4.90 Å². The molecule has 19 heavy (non-hydrogen) atoms. The second-order valence-corrected chi connectivity index (χ2v) is 5.88. The number of amides is 1. The Labute approximate surface area is 114 Å². The van der Waals surface area contributed by atoms with Gasteiger partial charge in [0.05, 0.1) is 12.0 Å². The Hall–Kier alpha value is -1.64. The van der Waals surface area contributed by atoms with E-state index in [2.05, 4.69) is 6.07 Å². The Balaban J connectivity index is 2.16. The topological polar surface area (TPSA) is 37.4 Å². The summed E-state index contributed by atoms with van der Waals surface area (Å²) in [4.78, 5) is 25.9. The smallest absolute Gasteiger partial charge is 0.227 e. The first-order valence-corrected chi connectivity index (χ1v) is 6.72. The van der Waals surface area contributed by atoms with Crippen LogP contribution in [0.3, 0.4) is 0 Å². The molecule has 0 atom stereocenters. The molecule has 0 unspecified atom stereocenters. The lowest BCUT2D eigenvalue weighted by Gasteiger charge is -2.30. The van der Waals surface area contributed by atoms with Crippen molar-refractivity contribution in [3.8, 4) is 0 Å². The quantitative estimate of drug-likeness (QED) is 0.818. The van der Waals surface area contributed by atoms with E-state index in [9.17, 15) is 9.59 Å². The molecule has 0 bridgehead atoms. The second-order valence-electron chi connectivity index (χ2n) is 5.88. The molecule has 1 aromatic rings. The Morgan fingerprint density at radius 3 is 2.53 bits per heavy atom. The van der Waals surface area contributed by atoms with E-state index in [-0.39, 0.29) is 11.7 Å². The van der Waals surface area contributed by atoms with Crippen LogP contribution in [0.2, 0.25) is 0 Å². The Kier molecular flexibility index (Phi) is 3.48. The van der Waals surface area contributed by atoms with Crippen LogP contribution in [0, 0.1) is 13.8 Å². The van der Waals surface area contributed by atoms with Crippen LogP contribution >= 0.6 is 0 Å². The van der Waals surface area contributed by atoms with Gasteiger partial charge in [0.1, 0.15) is 0 Å². The number of likely N-dealkylation sites (tertiary alicyclic amines) is 1. The lowest BCUT2D eigenvalue weighted by atomic mass is 9.98. The summed E-state index contributed by atoms with van der Waals surface area (Å²) in [5.74, 6) is 0.198. The van der Waals surface area contributed by atoms with Crippen LogP contribution in [-0.2, 0) is 16.0 Å². The number of carbonyl (C=O) groups is 2. The van der Waals surface area contributed by atoms with Crippen molar-refractivity contribution in [2.45, 2.75) is 46.1 Å².